The minimum absolute atomic E-state index is 0.0118. The van der Waals surface area contributed by atoms with Crippen LogP contribution in [-0.2, 0) is 11.3 Å². The zero-order chi connectivity index (χ0) is 14.0. The molecular formula is C15H19NO3. The molecular weight excluding hydrogens is 242 g/mol. The lowest BCUT2D eigenvalue weighted by Crippen LogP contribution is -2.38. The smallest absolute Gasteiger partial charge is 0.305 e. The monoisotopic (exact) mass is 261 g/mol. The average molecular weight is 261 g/mol. The summed E-state index contributed by atoms with van der Waals surface area (Å²) in [5.41, 5.74) is 1.70. The van der Waals surface area contributed by atoms with Crippen LogP contribution >= 0.6 is 0 Å². The van der Waals surface area contributed by atoms with Gasteiger partial charge >= 0.3 is 5.97 Å². The van der Waals surface area contributed by atoms with Crippen LogP contribution < -0.4 is 0 Å². The molecule has 4 nitrogen and oxygen atoms in total. The summed E-state index contributed by atoms with van der Waals surface area (Å²) >= 11 is 0. The highest BCUT2D eigenvalue weighted by Gasteiger charge is 2.33. The molecule has 102 valence electrons. The molecule has 1 unspecified atom stereocenters. The third-order valence-corrected chi connectivity index (χ3v) is 3.44. The van der Waals surface area contributed by atoms with Crippen LogP contribution in [0.15, 0.2) is 24.3 Å². The maximum atomic E-state index is 12.3. The van der Waals surface area contributed by atoms with E-state index in [1.54, 1.807) is 4.90 Å². The van der Waals surface area contributed by atoms with E-state index in [1.165, 1.54) is 0 Å². The predicted octanol–water partition coefficient (Wildman–Crippen LogP) is 2.53. The molecule has 4 heteroatoms. The number of hydrogen-bond donors (Lipinski definition) is 1. The largest absolute Gasteiger partial charge is 0.481 e. The molecule has 0 saturated heterocycles. The number of carboxylic acids is 1. The van der Waals surface area contributed by atoms with Crippen LogP contribution in [0.2, 0.25) is 0 Å². The maximum Gasteiger partial charge on any atom is 0.305 e. The van der Waals surface area contributed by atoms with Crippen molar-refractivity contribution in [3.05, 3.63) is 35.4 Å². The molecule has 1 atom stereocenters. The minimum Gasteiger partial charge on any atom is -0.481 e. The number of nitrogens with zero attached hydrogens (tertiary/aromatic N) is 1. The van der Waals surface area contributed by atoms with Crippen LogP contribution in [0, 0.1) is 5.92 Å². The fourth-order valence-corrected chi connectivity index (χ4v) is 2.64. The van der Waals surface area contributed by atoms with E-state index >= 15 is 0 Å². The topological polar surface area (TPSA) is 57.6 Å². The Morgan fingerprint density at radius 3 is 2.63 bits per heavy atom. The highest BCUT2D eigenvalue weighted by atomic mass is 16.4. The number of hydrogen-bond acceptors (Lipinski definition) is 2. The van der Waals surface area contributed by atoms with Gasteiger partial charge in [-0.25, -0.2) is 0 Å². The molecule has 0 aliphatic carbocycles. The van der Waals surface area contributed by atoms with Gasteiger partial charge in [0.2, 0.25) is 0 Å². The van der Waals surface area contributed by atoms with Crippen molar-refractivity contribution in [2.24, 2.45) is 5.92 Å². The van der Waals surface area contributed by atoms with Crippen molar-refractivity contribution in [3.8, 4) is 0 Å². The molecule has 1 heterocycles. The first-order chi connectivity index (χ1) is 8.99. The second-order valence-electron chi connectivity index (χ2n) is 5.47. The van der Waals surface area contributed by atoms with E-state index in [4.69, 9.17) is 5.11 Å². The van der Waals surface area contributed by atoms with Crippen molar-refractivity contribution >= 4 is 11.9 Å². The second kappa shape index (κ2) is 5.43. The van der Waals surface area contributed by atoms with Crippen LogP contribution in [-0.4, -0.2) is 27.9 Å². The average Bonchev–Trinajstić information content (AvgIpc) is 2.65. The van der Waals surface area contributed by atoms with Crippen LogP contribution in [0.4, 0.5) is 0 Å². The van der Waals surface area contributed by atoms with Crippen LogP contribution in [0.5, 0.6) is 0 Å². The van der Waals surface area contributed by atoms with Crippen LogP contribution in [0.1, 0.15) is 42.6 Å². The van der Waals surface area contributed by atoms with E-state index in [0.717, 1.165) is 5.56 Å². The molecule has 0 fully saturated rings. The molecule has 1 N–H and O–H groups in total. The van der Waals surface area contributed by atoms with Gasteiger partial charge < -0.3 is 10.0 Å². The Kier molecular flexibility index (Phi) is 3.88. The molecule has 0 saturated carbocycles. The van der Waals surface area contributed by atoms with Gasteiger partial charge in [-0.3, -0.25) is 9.59 Å². The van der Waals surface area contributed by atoms with E-state index in [-0.39, 0.29) is 18.4 Å². The quantitative estimate of drug-likeness (QED) is 0.886. The Labute approximate surface area is 113 Å². The summed E-state index contributed by atoms with van der Waals surface area (Å²) in [5.74, 6) is -0.530. The fourth-order valence-electron chi connectivity index (χ4n) is 2.64. The van der Waals surface area contributed by atoms with Gasteiger partial charge in [0.25, 0.3) is 5.91 Å². The van der Waals surface area contributed by atoms with Crippen LogP contribution in [0.3, 0.4) is 0 Å². The van der Waals surface area contributed by atoms with Crippen molar-refractivity contribution in [2.45, 2.75) is 39.3 Å². The summed E-state index contributed by atoms with van der Waals surface area (Å²) in [6.07, 6.45) is 0.726. The lowest BCUT2D eigenvalue weighted by Gasteiger charge is -2.28. The first-order valence-electron chi connectivity index (χ1n) is 6.59. The number of amides is 1. The van der Waals surface area contributed by atoms with Crippen molar-refractivity contribution in [1.82, 2.24) is 4.90 Å². The Bertz CT molecular complexity index is 496. The first-order valence-corrected chi connectivity index (χ1v) is 6.59. The number of aliphatic carboxylic acids is 1. The molecule has 1 amide bonds. The number of carbonyl (C=O) groups is 2. The van der Waals surface area contributed by atoms with Crippen molar-refractivity contribution in [1.29, 1.82) is 0 Å². The number of fused-ring (bicyclic) bond motifs is 1. The Morgan fingerprint density at radius 1 is 1.37 bits per heavy atom. The van der Waals surface area contributed by atoms with E-state index in [1.807, 2.05) is 38.1 Å². The lowest BCUT2D eigenvalue weighted by molar-refractivity contribution is -0.138. The summed E-state index contributed by atoms with van der Waals surface area (Å²) < 4.78 is 0. The van der Waals surface area contributed by atoms with Crippen molar-refractivity contribution in [3.63, 3.8) is 0 Å². The SMILES string of the molecule is CC(C)CC(CC(=O)O)N1Cc2ccccc2C1=O. The molecule has 1 aliphatic rings. The molecule has 1 aliphatic heterocycles. The zero-order valence-corrected chi connectivity index (χ0v) is 11.3. The summed E-state index contributed by atoms with van der Waals surface area (Å²) in [7, 11) is 0. The van der Waals surface area contributed by atoms with E-state index in [9.17, 15) is 9.59 Å². The lowest BCUT2D eigenvalue weighted by atomic mass is 10.00. The van der Waals surface area contributed by atoms with Crippen LogP contribution in [0.25, 0.3) is 0 Å². The van der Waals surface area contributed by atoms with Gasteiger partial charge in [0.15, 0.2) is 0 Å². The zero-order valence-electron chi connectivity index (χ0n) is 11.3. The molecule has 0 radical (unpaired) electrons. The Balaban J connectivity index is 2.20. The van der Waals surface area contributed by atoms with Gasteiger partial charge in [-0.1, -0.05) is 32.0 Å². The normalized spacial score (nSPS) is 15.7. The molecule has 0 spiro atoms. The van der Waals surface area contributed by atoms with Gasteiger partial charge in [-0.05, 0) is 24.0 Å². The fraction of sp³-hybridized carbons (Fsp3) is 0.467. The van der Waals surface area contributed by atoms with Gasteiger partial charge in [-0.15, -0.1) is 0 Å². The highest BCUT2D eigenvalue weighted by molar-refractivity contribution is 5.98. The van der Waals surface area contributed by atoms with Gasteiger partial charge in [0, 0.05) is 18.2 Å². The molecule has 1 aromatic carbocycles. The third-order valence-electron chi connectivity index (χ3n) is 3.44. The van der Waals surface area contributed by atoms with E-state index < -0.39 is 5.97 Å². The summed E-state index contributed by atoms with van der Waals surface area (Å²) in [5, 5.41) is 9.02. The molecule has 0 aromatic heterocycles. The number of carboxylic acid groups (broad SMARTS) is 1. The van der Waals surface area contributed by atoms with E-state index in [2.05, 4.69) is 0 Å². The van der Waals surface area contributed by atoms with Crippen molar-refractivity contribution in [2.75, 3.05) is 0 Å². The van der Waals surface area contributed by atoms with Gasteiger partial charge in [0.05, 0.1) is 6.42 Å². The Morgan fingerprint density at radius 2 is 2.05 bits per heavy atom. The molecule has 1 aromatic rings. The summed E-state index contributed by atoms with van der Waals surface area (Å²) in [6.45, 7) is 4.62. The molecule has 0 bridgehead atoms. The summed E-state index contributed by atoms with van der Waals surface area (Å²) in [6, 6.07) is 7.27. The van der Waals surface area contributed by atoms with E-state index in [0.29, 0.717) is 24.4 Å². The summed E-state index contributed by atoms with van der Waals surface area (Å²) in [4.78, 5) is 25.0. The highest BCUT2D eigenvalue weighted by Crippen LogP contribution is 2.27. The standard InChI is InChI=1S/C15H19NO3/c1-10(2)7-12(8-14(17)18)16-9-11-5-3-4-6-13(11)15(16)19/h3-6,10,12H,7-9H2,1-2H3,(H,17,18). The second-order valence-corrected chi connectivity index (χ2v) is 5.47. The third kappa shape index (κ3) is 2.95. The number of rotatable bonds is 5. The first kappa shape index (κ1) is 13.6. The Hall–Kier alpha value is -1.84. The molecule has 2 rings (SSSR count). The van der Waals surface area contributed by atoms with Gasteiger partial charge in [-0.2, -0.15) is 0 Å². The number of benzene rings is 1. The molecule has 19 heavy (non-hydrogen) atoms. The maximum absolute atomic E-state index is 12.3. The van der Waals surface area contributed by atoms with Gasteiger partial charge in [0.1, 0.15) is 0 Å². The predicted molar refractivity (Wildman–Crippen MR) is 71.8 cm³/mol. The number of carbonyl (C=O) groups excluding carboxylic acids is 1. The van der Waals surface area contributed by atoms with Crippen molar-refractivity contribution < 1.29 is 14.7 Å². The minimum atomic E-state index is -0.852.